The number of benzene rings is 1. The Hall–Kier alpha value is -1.30. The lowest BCUT2D eigenvalue weighted by Crippen LogP contribution is -2.46. The molecule has 0 aliphatic carbocycles. The number of halogens is 2. The number of rotatable bonds is 4. The van der Waals surface area contributed by atoms with Crippen LogP contribution in [0.25, 0.3) is 0 Å². The average Bonchev–Trinajstić information content (AvgIpc) is 2.47. The number of hydrogen-bond donors (Lipinski definition) is 2. The Labute approximate surface area is 148 Å². The lowest BCUT2D eigenvalue weighted by Gasteiger charge is -2.32. The summed E-state index contributed by atoms with van der Waals surface area (Å²) in [6.07, 6.45) is 2.11. The Balaban J connectivity index is 0.00000264. The molecule has 1 aliphatic rings. The third-order valence-electron chi connectivity index (χ3n) is 3.84. The first kappa shape index (κ1) is 19.7. The van der Waals surface area contributed by atoms with Crippen LogP contribution in [-0.2, 0) is 9.59 Å². The van der Waals surface area contributed by atoms with Crippen LogP contribution in [0.5, 0.6) is 0 Å². The van der Waals surface area contributed by atoms with Gasteiger partial charge in [0.05, 0.1) is 12.5 Å². The molecule has 1 heterocycles. The molecule has 23 heavy (non-hydrogen) atoms. The molecule has 3 N–H and O–H groups in total. The van der Waals surface area contributed by atoms with Crippen molar-refractivity contribution in [2.45, 2.75) is 38.3 Å². The highest BCUT2D eigenvalue weighted by Crippen LogP contribution is 2.21. The van der Waals surface area contributed by atoms with Crippen molar-refractivity contribution >= 4 is 35.8 Å². The van der Waals surface area contributed by atoms with Gasteiger partial charge in [0, 0.05) is 31.1 Å². The lowest BCUT2D eigenvalue weighted by atomic mass is 10.0. The SMILES string of the molecule is CC(=O)NC(CC(=O)N1CCCC(N)C1)c1ccc(Cl)cc1.Cl. The molecule has 2 amide bonds. The highest BCUT2D eigenvalue weighted by Gasteiger charge is 2.24. The minimum absolute atomic E-state index is 0. The van der Waals surface area contributed by atoms with Crippen molar-refractivity contribution in [3.63, 3.8) is 0 Å². The summed E-state index contributed by atoms with van der Waals surface area (Å²) in [6.45, 7) is 2.77. The summed E-state index contributed by atoms with van der Waals surface area (Å²) < 4.78 is 0. The first-order valence-corrected chi connectivity index (χ1v) is 7.89. The van der Waals surface area contributed by atoms with Gasteiger partial charge in [-0.3, -0.25) is 9.59 Å². The van der Waals surface area contributed by atoms with Crippen molar-refractivity contribution in [3.05, 3.63) is 34.9 Å². The molecule has 2 unspecified atom stereocenters. The van der Waals surface area contributed by atoms with Crippen LogP contribution in [0, 0.1) is 0 Å². The fourth-order valence-electron chi connectivity index (χ4n) is 2.73. The highest BCUT2D eigenvalue weighted by atomic mass is 35.5. The number of nitrogens with one attached hydrogen (secondary N) is 1. The molecule has 2 atom stereocenters. The molecule has 0 spiro atoms. The fourth-order valence-corrected chi connectivity index (χ4v) is 2.86. The molecular weight excluding hydrogens is 337 g/mol. The molecule has 128 valence electrons. The maximum atomic E-state index is 12.5. The predicted octanol–water partition coefficient (Wildman–Crippen LogP) is 2.28. The molecular formula is C16H23Cl2N3O2. The molecule has 1 saturated heterocycles. The summed E-state index contributed by atoms with van der Waals surface area (Å²) in [5, 5.41) is 3.46. The molecule has 1 aromatic rings. The second-order valence-electron chi connectivity index (χ2n) is 5.75. The first-order valence-electron chi connectivity index (χ1n) is 7.51. The van der Waals surface area contributed by atoms with Crippen LogP contribution in [0.4, 0.5) is 0 Å². The smallest absolute Gasteiger partial charge is 0.225 e. The van der Waals surface area contributed by atoms with Crippen LogP contribution in [0.3, 0.4) is 0 Å². The number of nitrogens with zero attached hydrogens (tertiary/aromatic N) is 1. The third kappa shape index (κ3) is 6.01. The molecule has 0 radical (unpaired) electrons. The zero-order valence-corrected chi connectivity index (χ0v) is 14.7. The molecule has 0 saturated carbocycles. The van der Waals surface area contributed by atoms with Gasteiger partial charge in [-0.05, 0) is 30.5 Å². The predicted molar refractivity (Wildman–Crippen MR) is 93.7 cm³/mol. The Morgan fingerprint density at radius 3 is 2.61 bits per heavy atom. The standard InChI is InChI=1S/C16H22ClN3O2.ClH/c1-11(21)19-15(12-4-6-13(17)7-5-12)9-16(22)20-8-2-3-14(18)10-20;/h4-7,14-15H,2-3,8-10,18H2,1H3,(H,19,21);1H. The Morgan fingerprint density at radius 2 is 2.04 bits per heavy atom. The second-order valence-corrected chi connectivity index (χ2v) is 6.19. The van der Waals surface area contributed by atoms with Crippen molar-refractivity contribution in [2.24, 2.45) is 5.73 Å². The fraction of sp³-hybridized carbons (Fsp3) is 0.500. The van der Waals surface area contributed by atoms with E-state index in [4.69, 9.17) is 17.3 Å². The summed E-state index contributed by atoms with van der Waals surface area (Å²) in [7, 11) is 0. The molecule has 1 aliphatic heterocycles. The molecule has 7 heteroatoms. The Morgan fingerprint density at radius 1 is 1.39 bits per heavy atom. The second kappa shape index (κ2) is 9.11. The van der Waals surface area contributed by atoms with E-state index < -0.39 is 0 Å². The van der Waals surface area contributed by atoms with Gasteiger partial charge < -0.3 is 16.0 Å². The number of carbonyl (C=O) groups excluding carboxylic acids is 2. The van der Waals surface area contributed by atoms with Crippen LogP contribution >= 0.6 is 24.0 Å². The van der Waals surface area contributed by atoms with Crippen LogP contribution < -0.4 is 11.1 Å². The van der Waals surface area contributed by atoms with Crippen molar-refractivity contribution in [1.82, 2.24) is 10.2 Å². The maximum absolute atomic E-state index is 12.5. The number of carbonyl (C=O) groups is 2. The Kier molecular flexibility index (Phi) is 7.82. The van der Waals surface area contributed by atoms with Crippen LogP contribution in [-0.4, -0.2) is 35.8 Å². The van der Waals surface area contributed by atoms with E-state index in [2.05, 4.69) is 5.32 Å². The van der Waals surface area contributed by atoms with Gasteiger partial charge >= 0.3 is 0 Å². The van der Waals surface area contributed by atoms with Crippen LogP contribution in [0.15, 0.2) is 24.3 Å². The summed E-state index contributed by atoms with van der Waals surface area (Å²) >= 11 is 5.89. The topological polar surface area (TPSA) is 75.4 Å². The quantitative estimate of drug-likeness (QED) is 0.865. The van der Waals surface area contributed by atoms with Crippen LogP contribution in [0.2, 0.25) is 5.02 Å². The van der Waals surface area contributed by atoms with Crippen molar-refractivity contribution in [1.29, 1.82) is 0 Å². The van der Waals surface area contributed by atoms with E-state index in [1.165, 1.54) is 6.92 Å². The van der Waals surface area contributed by atoms with E-state index in [0.29, 0.717) is 11.6 Å². The number of likely N-dealkylation sites (tertiary alicyclic amines) is 1. The van der Waals surface area contributed by atoms with Gasteiger partial charge in [-0.1, -0.05) is 23.7 Å². The van der Waals surface area contributed by atoms with Gasteiger partial charge in [0.25, 0.3) is 0 Å². The number of piperidine rings is 1. The summed E-state index contributed by atoms with van der Waals surface area (Å²) in [5.74, 6) is -0.146. The van der Waals surface area contributed by atoms with Crippen molar-refractivity contribution in [3.8, 4) is 0 Å². The van der Waals surface area contributed by atoms with Crippen molar-refractivity contribution < 1.29 is 9.59 Å². The minimum Gasteiger partial charge on any atom is -0.349 e. The number of nitrogens with two attached hydrogens (primary N) is 1. The van der Waals surface area contributed by atoms with Crippen LogP contribution in [0.1, 0.15) is 37.8 Å². The van der Waals surface area contributed by atoms with E-state index in [0.717, 1.165) is 24.9 Å². The molecule has 1 aromatic carbocycles. The number of amides is 2. The summed E-state index contributed by atoms with van der Waals surface area (Å²) in [4.78, 5) is 25.7. The van der Waals surface area contributed by atoms with Gasteiger partial charge in [0.1, 0.15) is 0 Å². The Bertz CT molecular complexity index is 537. The molecule has 2 rings (SSSR count). The number of hydrogen-bond acceptors (Lipinski definition) is 3. The van der Waals surface area contributed by atoms with E-state index in [1.54, 1.807) is 17.0 Å². The van der Waals surface area contributed by atoms with E-state index in [-0.39, 0.29) is 42.7 Å². The zero-order valence-electron chi connectivity index (χ0n) is 13.1. The largest absolute Gasteiger partial charge is 0.349 e. The average molecular weight is 360 g/mol. The van der Waals surface area contributed by atoms with Gasteiger partial charge in [0.15, 0.2) is 0 Å². The minimum atomic E-state index is -0.347. The van der Waals surface area contributed by atoms with Gasteiger partial charge in [-0.25, -0.2) is 0 Å². The summed E-state index contributed by atoms with van der Waals surface area (Å²) in [6, 6.07) is 6.88. The van der Waals surface area contributed by atoms with Crippen molar-refractivity contribution in [2.75, 3.05) is 13.1 Å². The monoisotopic (exact) mass is 359 g/mol. The van der Waals surface area contributed by atoms with Gasteiger partial charge in [0.2, 0.25) is 11.8 Å². The molecule has 1 fully saturated rings. The van der Waals surface area contributed by atoms with E-state index >= 15 is 0 Å². The zero-order chi connectivity index (χ0) is 16.1. The maximum Gasteiger partial charge on any atom is 0.225 e. The lowest BCUT2D eigenvalue weighted by molar-refractivity contribution is -0.133. The highest BCUT2D eigenvalue weighted by molar-refractivity contribution is 6.30. The van der Waals surface area contributed by atoms with Gasteiger partial charge in [-0.2, -0.15) is 0 Å². The molecule has 0 aromatic heterocycles. The van der Waals surface area contributed by atoms with E-state index in [9.17, 15) is 9.59 Å². The normalized spacial score (nSPS) is 18.7. The summed E-state index contributed by atoms with van der Waals surface area (Å²) in [5.41, 5.74) is 6.79. The first-order chi connectivity index (χ1) is 10.5. The van der Waals surface area contributed by atoms with E-state index in [1.807, 2.05) is 12.1 Å². The molecule has 5 nitrogen and oxygen atoms in total. The third-order valence-corrected chi connectivity index (χ3v) is 4.09. The molecule has 0 bridgehead atoms. The van der Waals surface area contributed by atoms with Gasteiger partial charge in [-0.15, -0.1) is 12.4 Å².